The van der Waals surface area contributed by atoms with Crippen molar-refractivity contribution in [2.24, 2.45) is 10.9 Å². The second-order valence-electron chi connectivity index (χ2n) is 7.28. The average Bonchev–Trinajstić information content (AvgIpc) is 2.71. The first-order chi connectivity index (χ1) is 14.3. The predicted molar refractivity (Wildman–Crippen MR) is 122 cm³/mol. The van der Waals surface area contributed by atoms with E-state index in [9.17, 15) is 9.59 Å². The smallest absolute Gasteiger partial charge is 0.322 e. The molecule has 2 aromatic carbocycles. The molecule has 0 radical (unpaired) electrons. The number of anilines is 2. The maximum absolute atomic E-state index is 12.9. The molecule has 0 aromatic heterocycles. The number of rotatable bonds is 6. The molecule has 158 valence electrons. The van der Waals surface area contributed by atoms with E-state index in [0.29, 0.717) is 40.1 Å². The number of benzene rings is 2. The molecule has 3 amide bonds. The number of hydrogen-bond donors (Lipinski definition) is 3. The second kappa shape index (κ2) is 9.82. The Balaban J connectivity index is 1.68. The number of hydrazine groups is 1. The molecule has 1 aliphatic heterocycles. The summed E-state index contributed by atoms with van der Waals surface area (Å²) in [7, 11) is 0. The zero-order valence-corrected chi connectivity index (χ0v) is 18.2. The van der Waals surface area contributed by atoms with Gasteiger partial charge < -0.3 is 5.32 Å². The number of amides is 3. The van der Waals surface area contributed by atoms with Crippen LogP contribution in [0.25, 0.3) is 0 Å². The number of aliphatic imine (C=N–C) groups is 1. The molecule has 3 rings (SSSR count). The van der Waals surface area contributed by atoms with Gasteiger partial charge in [0.2, 0.25) is 0 Å². The Hall–Kier alpha value is -2.77. The van der Waals surface area contributed by atoms with Crippen molar-refractivity contribution in [3.05, 3.63) is 52.5 Å². The largest absolute Gasteiger partial charge is 0.326 e. The molecule has 0 saturated heterocycles. The van der Waals surface area contributed by atoms with Crippen molar-refractivity contribution in [2.75, 3.05) is 16.9 Å². The van der Waals surface area contributed by atoms with Gasteiger partial charge >= 0.3 is 6.03 Å². The third-order valence-corrected chi connectivity index (χ3v) is 5.03. The average molecular weight is 448 g/mol. The molecule has 7 nitrogen and oxygen atoms in total. The van der Waals surface area contributed by atoms with Crippen LogP contribution in [-0.2, 0) is 4.79 Å². The quantitative estimate of drug-likeness (QED) is 0.556. The Kier molecular flexibility index (Phi) is 7.18. The zero-order chi connectivity index (χ0) is 21.7. The number of carbonyl (C=O) groups excluding carboxylic acids is 2. The van der Waals surface area contributed by atoms with Gasteiger partial charge in [-0.3, -0.25) is 25.5 Å². The number of nitrogens with one attached hydrogen (secondary N) is 3. The molecule has 30 heavy (non-hydrogen) atoms. The second-order valence-corrected chi connectivity index (χ2v) is 8.12. The van der Waals surface area contributed by atoms with Gasteiger partial charge in [-0.15, -0.1) is 0 Å². The van der Waals surface area contributed by atoms with Crippen LogP contribution in [0.15, 0.2) is 47.5 Å². The highest BCUT2D eigenvalue weighted by molar-refractivity contribution is 6.36. The van der Waals surface area contributed by atoms with Crippen LogP contribution in [0.5, 0.6) is 0 Å². The van der Waals surface area contributed by atoms with Crippen molar-refractivity contribution in [2.45, 2.75) is 26.3 Å². The maximum Gasteiger partial charge on any atom is 0.322 e. The number of urea groups is 1. The third kappa shape index (κ3) is 5.43. The molecule has 0 saturated carbocycles. The Morgan fingerprint density at radius 3 is 2.67 bits per heavy atom. The van der Waals surface area contributed by atoms with E-state index in [1.165, 1.54) is 0 Å². The highest BCUT2D eigenvalue weighted by Gasteiger charge is 2.27. The highest BCUT2D eigenvalue weighted by atomic mass is 35.5. The predicted octanol–water partition coefficient (Wildman–Crippen LogP) is 4.78. The number of halogens is 2. The monoisotopic (exact) mass is 447 g/mol. The number of hydrogen-bond acceptors (Lipinski definition) is 4. The molecule has 3 N–H and O–H groups in total. The van der Waals surface area contributed by atoms with Crippen molar-refractivity contribution in [1.82, 2.24) is 10.7 Å². The fourth-order valence-corrected chi connectivity index (χ4v) is 3.51. The van der Waals surface area contributed by atoms with Crippen molar-refractivity contribution in [1.29, 1.82) is 0 Å². The SMILES string of the molecule is CC(C)CC(NC(=O)N1CC=Nc2ccccc21)C(=O)NNc1ccc(Cl)cc1Cl. The van der Waals surface area contributed by atoms with Crippen LogP contribution in [0.1, 0.15) is 20.3 Å². The van der Waals surface area contributed by atoms with Crippen molar-refractivity contribution >= 4 is 58.4 Å². The lowest BCUT2D eigenvalue weighted by Crippen LogP contribution is -2.53. The Labute approximate surface area is 185 Å². The normalized spacial score (nSPS) is 13.6. The molecule has 0 fully saturated rings. The van der Waals surface area contributed by atoms with Gasteiger partial charge in [0.05, 0.1) is 28.6 Å². The molecule has 0 spiro atoms. The fourth-order valence-electron chi connectivity index (χ4n) is 3.05. The minimum absolute atomic E-state index is 0.190. The van der Waals surface area contributed by atoms with Gasteiger partial charge in [0, 0.05) is 11.2 Å². The van der Waals surface area contributed by atoms with Gasteiger partial charge in [0.1, 0.15) is 6.04 Å². The lowest BCUT2D eigenvalue weighted by molar-refractivity contribution is -0.122. The molecular formula is C21H23Cl2N5O2. The first-order valence-corrected chi connectivity index (χ1v) is 10.3. The first-order valence-electron chi connectivity index (χ1n) is 9.55. The van der Waals surface area contributed by atoms with Gasteiger partial charge in [-0.2, -0.15) is 0 Å². The van der Waals surface area contributed by atoms with Crippen LogP contribution in [0.2, 0.25) is 10.0 Å². The van der Waals surface area contributed by atoms with E-state index in [1.807, 2.05) is 38.1 Å². The maximum atomic E-state index is 12.9. The van der Waals surface area contributed by atoms with Crippen molar-refractivity contribution < 1.29 is 9.59 Å². The minimum atomic E-state index is -0.734. The fraction of sp³-hybridized carbons (Fsp3) is 0.286. The summed E-state index contributed by atoms with van der Waals surface area (Å²) in [5.41, 5.74) is 7.32. The van der Waals surface area contributed by atoms with E-state index in [0.717, 1.165) is 0 Å². The topological polar surface area (TPSA) is 85.8 Å². The van der Waals surface area contributed by atoms with Crippen LogP contribution < -0.4 is 21.1 Å². The number of para-hydroxylation sites is 2. The van der Waals surface area contributed by atoms with Gasteiger partial charge in [-0.25, -0.2) is 4.79 Å². The summed E-state index contributed by atoms with van der Waals surface area (Å²) in [5, 5.41) is 3.70. The Morgan fingerprint density at radius 2 is 1.93 bits per heavy atom. The summed E-state index contributed by atoms with van der Waals surface area (Å²) in [5.74, 6) is -0.183. The molecule has 2 aromatic rings. The van der Waals surface area contributed by atoms with Crippen LogP contribution >= 0.6 is 23.2 Å². The van der Waals surface area contributed by atoms with Crippen LogP contribution in [0, 0.1) is 5.92 Å². The van der Waals surface area contributed by atoms with Crippen molar-refractivity contribution in [3.8, 4) is 0 Å². The van der Waals surface area contributed by atoms with E-state index in [1.54, 1.807) is 29.3 Å². The van der Waals surface area contributed by atoms with Crippen LogP contribution in [0.3, 0.4) is 0 Å². The lowest BCUT2D eigenvalue weighted by Gasteiger charge is -2.28. The van der Waals surface area contributed by atoms with Crippen LogP contribution in [-0.4, -0.2) is 30.7 Å². The number of nitrogens with zero attached hydrogens (tertiary/aromatic N) is 2. The Morgan fingerprint density at radius 1 is 1.17 bits per heavy atom. The number of carbonyl (C=O) groups is 2. The van der Waals surface area contributed by atoms with E-state index < -0.39 is 6.04 Å². The molecule has 0 bridgehead atoms. The van der Waals surface area contributed by atoms with Crippen LogP contribution in [0.4, 0.5) is 21.9 Å². The molecule has 1 unspecified atom stereocenters. The van der Waals surface area contributed by atoms with Gasteiger partial charge in [-0.05, 0) is 42.7 Å². The van der Waals surface area contributed by atoms with Gasteiger partial charge in [0.15, 0.2) is 0 Å². The summed E-state index contributed by atoms with van der Waals surface area (Å²) < 4.78 is 0. The van der Waals surface area contributed by atoms with E-state index >= 15 is 0 Å². The molecule has 0 aliphatic carbocycles. The first kappa shape index (κ1) is 21.9. The summed E-state index contributed by atoms with van der Waals surface area (Å²) in [4.78, 5) is 31.6. The lowest BCUT2D eigenvalue weighted by atomic mass is 10.0. The summed E-state index contributed by atoms with van der Waals surface area (Å²) in [6, 6.07) is 11.2. The molecule has 1 aliphatic rings. The third-order valence-electron chi connectivity index (χ3n) is 4.49. The Bertz CT molecular complexity index is 964. The van der Waals surface area contributed by atoms with Gasteiger partial charge in [0.25, 0.3) is 5.91 Å². The van der Waals surface area contributed by atoms with Gasteiger partial charge in [-0.1, -0.05) is 49.2 Å². The summed E-state index contributed by atoms with van der Waals surface area (Å²) in [6.45, 7) is 4.30. The van der Waals surface area contributed by atoms with E-state index in [4.69, 9.17) is 23.2 Å². The number of fused-ring (bicyclic) bond motifs is 1. The van der Waals surface area contributed by atoms with E-state index in [2.05, 4.69) is 21.2 Å². The van der Waals surface area contributed by atoms with Crippen molar-refractivity contribution in [3.63, 3.8) is 0 Å². The highest BCUT2D eigenvalue weighted by Crippen LogP contribution is 2.30. The van der Waals surface area contributed by atoms with E-state index in [-0.39, 0.29) is 17.9 Å². The molecule has 9 heteroatoms. The summed E-state index contributed by atoms with van der Waals surface area (Å²) in [6.07, 6.45) is 2.14. The standard InChI is InChI=1S/C21H23Cl2N5O2/c1-13(2)11-18(20(29)27-26-16-8-7-14(22)12-15(16)23)25-21(30)28-10-9-24-17-5-3-4-6-19(17)28/h3-9,12-13,18,26H,10-11H2,1-2H3,(H,25,30)(H,27,29). The molecule has 1 atom stereocenters. The molecule has 1 heterocycles. The minimum Gasteiger partial charge on any atom is -0.326 e. The zero-order valence-electron chi connectivity index (χ0n) is 16.7. The molecular weight excluding hydrogens is 425 g/mol. The summed E-state index contributed by atoms with van der Waals surface area (Å²) >= 11 is 12.0.